The lowest BCUT2D eigenvalue weighted by Gasteiger charge is -2.29. The van der Waals surface area contributed by atoms with Gasteiger partial charge in [0.2, 0.25) is 0 Å². The zero-order valence-electron chi connectivity index (χ0n) is 8.52. The van der Waals surface area contributed by atoms with Crippen molar-refractivity contribution in [1.29, 1.82) is 0 Å². The number of carbonyl (C=O) groups is 1. The Bertz CT molecular complexity index is 422. The number of carbonyl (C=O) groups excluding carboxylic acids is 1. The van der Waals surface area contributed by atoms with E-state index in [0.717, 1.165) is 12.0 Å². The van der Waals surface area contributed by atoms with Gasteiger partial charge in [0.05, 0.1) is 0 Å². The second-order valence-corrected chi connectivity index (χ2v) is 4.24. The van der Waals surface area contributed by atoms with Crippen molar-refractivity contribution in [2.45, 2.75) is 25.0 Å². The Labute approximate surface area is 98.0 Å². The summed E-state index contributed by atoms with van der Waals surface area (Å²) < 4.78 is 4.85. The van der Waals surface area contributed by atoms with E-state index in [0.29, 0.717) is 17.0 Å². The van der Waals surface area contributed by atoms with E-state index in [1.54, 1.807) is 12.1 Å². The van der Waals surface area contributed by atoms with Gasteiger partial charge in [0.15, 0.2) is 0 Å². The van der Waals surface area contributed by atoms with Crippen LogP contribution in [0.15, 0.2) is 18.2 Å². The first-order chi connectivity index (χ1) is 7.58. The number of hydrogen-bond acceptors (Lipinski definition) is 3. The maximum absolute atomic E-state index is 10.7. The molecule has 4 nitrogen and oxygen atoms in total. The number of benzene rings is 1. The van der Waals surface area contributed by atoms with E-state index < -0.39 is 18.3 Å². The molecule has 86 valence electrons. The SMILES string of the molecule is NC(=O)O[C@H]1CCc2ccc(Cl)cc2[C@H]1O. The van der Waals surface area contributed by atoms with Crippen LogP contribution in [-0.4, -0.2) is 17.3 Å². The summed E-state index contributed by atoms with van der Waals surface area (Å²) in [6.07, 6.45) is -0.992. The van der Waals surface area contributed by atoms with E-state index in [9.17, 15) is 9.90 Å². The minimum Gasteiger partial charge on any atom is -0.443 e. The quantitative estimate of drug-likeness (QED) is 0.787. The predicted molar refractivity (Wildman–Crippen MR) is 59.2 cm³/mol. The number of aliphatic hydroxyl groups is 1. The van der Waals surface area contributed by atoms with Crippen LogP contribution in [0.5, 0.6) is 0 Å². The molecule has 0 heterocycles. The van der Waals surface area contributed by atoms with Crippen LogP contribution < -0.4 is 5.73 Å². The molecule has 16 heavy (non-hydrogen) atoms. The Hall–Kier alpha value is -1.26. The van der Waals surface area contributed by atoms with E-state index in [1.807, 2.05) is 6.07 Å². The number of nitrogens with two attached hydrogens (primary N) is 1. The average Bonchev–Trinajstić information content (AvgIpc) is 2.22. The number of aliphatic hydroxyl groups excluding tert-OH is 1. The summed E-state index contributed by atoms with van der Waals surface area (Å²) in [5.41, 5.74) is 6.68. The Morgan fingerprint density at radius 2 is 2.31 bits per heavy atom. The van der Waals surface area contributed by atoms with Gasteiger partial charge in [0, 0.05) is 5.02 Å². The first kappa shape index (κ1) is 11.2. The van der Waals surface area contributed by atoms with Gasteiger partial charge in [-0.2, -0.15) is 0 Å². The van der Waals surface area contributed by atoms with Gasteiger partial charge in [0.1, 0.15) is 12.2 Å². The average molecular weight is 242 g/mol. The highest BCUT2D eigenvalue weighted by molar-refractivity contribution is 6.30. The number of aryl methyl sites for hydroxylation is 1. The molecule has 0 aromatic heterocycles. The van der Waals surface area contributed by atoms with Crippen molar-refractivity contribution in [1.82, 2.24) is 0 Å². The molecule has 0 radical (unpaired) electrons. The predicted octanol–water partition coefficient (Wildman–Crippen LogP) is 1.78. The molecule has 1 aliphatic carbocycles. The van der Waals surface area contributed by atoms with Crippen molar-refractivity contribution in [2.75, 3.05) is 0 Å². The van der Waals surface area contributed by atoms with Gasteiger partial charge >= 0.3 is 6.09 Å². The summed E-state index contributed by atoms with van der Waals surface area (Å²) in [6, 6.07) is 5.35. The third-order valence-electron chi connectivity index (χ3n) is 2.74. The molecule has 0 unspecified atom stereocenters. The maximum atomic E-state index is 10.7. The number of halogens is 1. The van der Waals surface area contributed by atoms with Crippen LogP contribution in [0.2, 0.25) is 5.02 Å². The lowest BCUT2D eigenvalue weighted by atomic mass is 9.87. The van der Waals surface area contributed by atoms with Gasteiger partial charge in [-0.25, -0.2) is 4.79 Å². The summed E-state index contributed by atoms with van der Waals surface area (Å²) in [7, 11) is 0. The van der Waals surface area contributed by atoms with Crippen molar-refractivity contribution in [3.8, 4) is 0 Å². The summed E-state index contributed by atoms with van der Waals surface area (Å²) in [5, 5.41) is 10.6. The van der Waals surface area contributed by atoms with Crippen molar-refractivity contribution >= 4 is 17.7 Å². The Morgan fingerprint density at radius 1 is 1.56 bits per heavy atom. The van der Waals surface area contributed by atoms with Gasteiger partial charge in [-0.05, 0) is 36.1 Å². The van der Waals surface area contributed by atoms with Crippen molar-refractivity contribution in [3.63, 3.8) is 0 Å². The second kappa shape index (κ2) is 4.31. The van der Waals surface area contributed by atoms with Crippen LogP contribution in [0.4, 0.5) is 4.79 Å². The van der Waals surface area contributed by atoms with E-state index >= 15 is 0 Å². The van der Waals surface area contributed by atoms with Gasteiger partial charge in [-0.1, -0.05) is 17.7 Å². The van der Waals surface area contributed by atoms with Crippen LogP contribution in [0.1, 0.15) is 23.7 Å². The van der Waals surface area contributed by atoms with Gasteiger partial charge < -0.3 is 15.6 Å². The smallest absolute Gasteiger partial charge is 0.404 e. The normalized spacial score (nSPS) is 23.6. The van der Waals surface area contributed by atoms with E-state index in [4.69, 9.17) is 22.1 Å². The molecule has 2 rings (SSSR count). The molecule has 1 aliphatic rings. The van der Waals surface area contributed by atoms with Crippen molar-refractivity contribution in [3.05, 3.63) is 34.3 Å². The molecule has 0 saturated carbocycles. The number of amides is 1. The fraction of sp³-hybridized carbons (Fsp3) is 0.364. The molecule has 2 atom stereocenters. The standard InChI is InChI=1S/C11H12ClNO3/c12-7-3-1-6-2-4-9(16-11(13)15)10(14)8(6)5-7/h1,3,5,9-10,14H,2,4H2,(H2,13,15)/t9-,10+/m0/s1. The minimum atomic E-state index is -0.866. The highest BCUT2D eigenvalue weighted by atomic mass is 35.5. The summed E-state index contributed by atoms with van der Waals surface area (Å²) in [6.45, 7) is 0. The third-order valence-corrected chi connectivity index (χ3v) is 2.98. The van der Waals surface area contributed by atoms with E-state index in [1.165, 1.54) is 0 Å². The van der Waals surface area contributed by atoms with Crippen LogP contribution in [0, 0.1) is 0 Å². The van der Waals surface area contributed by atoms with Crippen molar-refractivity contribution < 1.29 is 14.6 Å². The molecule has 0 aliphatic heterocycles. The van der Waals surface area contributed by atoms with Crippen LogP contribution in [0.25, 0.3) is 0 Å². The number of ether oxygens (including phenoxy) is 1. The van der Waals surface area contributed by atoms with Crippen LogP contribution in [-0.2, 0) is 11.2 Å². The Balaban J connectivity index is 2.26. The van der Waals surface area contributed by atoms with Crippen LogP contribution >= 0.6 is 11.6 Å². The molecule has 0 saturated heterocycles. The molecule has 0 spiro atoms. The number of fused-ring (bicyclic) bond motifs is 1. The second-order valence-electron chi connectivity index (χ2n) is 3.80. The first-order valence-corrected chi connectivity index (χ1v) is 5.38. The number of rotatable bonds is 1. The highest BCUT2D eigenvalue weighted by Crippen LogP contribution is 2.33. The monoisotopic (exact) mass is 241 g/mol. The molecule has 1 aromatic carbocycles. The molecular formula is C11H12ClNO3. The van der Waals surface area contributed by atoms with Gasteiger partial charge in [0.25, 0.3) is 0 Å². The topological polar surface area (TPSA) is 72.6 Å². The van der Waals surface area contributed by atoms with Crippen LogP contribution in [0.3, 0.4) is 0 Å². The molecule has 1 aromatic rings. The van der Waals surface area contributed by atoms with Gasteiger partial charge in [-0.15, -0.1) is 0 Å². The maximum Gasteiger partial charge on any atom is 0.404 e. The fourth-order valence-electron chi connectivity index (χ4n) is 2.00. The lowest BCUT2D eigenvalue weighted by Crippen LogP contribution is -2.32. The largest absolute Gasteiger partial charge is 0.443 e. The number of primary amides is 1. The highest BCUT2D eigenvalue weighted by Gasteiger charge is 2.30. The lowest BCUT2D eigenvalue weighted by molar-refractivity contribution is -0.00520. The zero-order valence-corrected chi connectivity index (χ0v) is 9.28. The molecular weight excluding hydrogens is 230 g/mol. The summed E-state index contributed by atoms with van der Waals surface area (Å²) in [4.78, 5) is 10.7. The Kier molecular flexibility index (Phi) is 3.03. The fourth-order valence-corrected chi connectivity index (χ4v) is 2.18. The molecule has 1 amide bonds. The zero-order chi connectivity index (χ0) is 11.7. The van der Waals surface area contributed by atoms with Gasteiger partial charge in [-0.3, -0.25) is 0 Å². The Morgan fingerprint density at radius 3 is 3.00 bits per heavy atom. The minimum absolute atomic E-state index is 0.553. The number of hydrogen-bond donors (Lipinski definition) is 2. The molecule has 0 fully saturated rings. The summed E-state index contributed by atoms with van der Waals surface area (Å²) in [5.74, 6) is 0. The van der Waals surface area contributed by atoms with Crippen molar-refractivity contribution in [2.24, 2.45) is 5.73 Å². The first-order valence-electron chi connectivity index (χ1n) is 5.00. The van der Waals surface area contributed by atoms with E-state index in [-0.39, 0.29) is 0 Å². The third kappa shape index (κ3) is 2.13. The molecule has 5 heteroatoms. The van der Waals surface area contributed by atoms with E-state index in [2.05, 4.69) is 0 Å². The molecule has 0 bridgehead atoms. The molecule has 3 N–H and O–H groups in total. The summed E-state index contributed by atoms with van der Waals surface area (Å²) >= 11 is 5.85.